The summed E-state index contributed by atoms with van der Waals surface area (Å²) >= 11 is 6.28. The van der Waals surface area contributed by atoms with Crippen LogP contribution in [0.4, 0.5) is 13.2 Å². The molecule has 0 unspecified atom stereocenters. The number of carboxylic acid groups (broad SMARTS) is 1. The molecule has 0 aliphatic rings. The second-order valence-corrected chi connectivity index (χ2v) is 7.15. The number of halogens is 4. The summed E-state index contributed by atoms with van der Waals surface area (Å²) in [6.45, 7) is 0.220. The standard InChI is InChI=1S/C24H18ClF3O3/c25-22-11-8-17(14-23(29)30)13-21(22)18-4-1-5-20(15-18)31-12-2-3-16-6-9-19(10-7-16)24(26,27)28/h1-11,13,15H,12,14H2,(H,29,30)/b3-2+. The number of hydrogen-bond donors (Lipinski definition) is 1. The highest BCUT2D eigenvalue weighted by atomic mass is 35.5. The number of carboxylic acids is 1. The van der Waals surface area contributed by atoms with Crippen LogP contribution in [-0.2, 0) is 17.4 Å². The molecule has 0 aliphatic carbocycles. The summed E-state index contributed by atoms with van der Waals surface area (Å²) in [7, 11) is 0. The molecule has 0 bridgehead atoms. The van der Waals surface area contributed by atoms with E-state index in [4.69, 9.17) is 21.4 Å². The highest BCUT2D eigenvalue weighted by molar-refractivity contribution is 6.33. The van der Waals surface area contributed by atoms with E-state index in [9.17, 15) is 18.0 Å². The van der Waals surface area contributed by atoms with Gasteiger partial charge < -0.3 is 9.84 Å². The predicted molar refractivity (Wildman–Crippen MR) is 114 cm³/mol. The lowest BCUT2D eigenvalue weighted by molar-refractivity contribution is -0.138. The molecule has 0 aliphatic heterocycles. The highest BCUT2D eigenvalue weighted by Gasteiger charge is 2.29. The van der Waals surface area contributed by atoms with Crippen LogP contribution in [0.1, 0.15) is 16.7 Å². The molecule has 3 nitrogen and oxygen atoms in total. The maximum Gasteiger partial charge on any atom is 0.416 e. The Labute approximate surface area is 182 Å². The van der Waals surface area contributed by atoms with Gasteiger partial charge in [-0.25, -0.2) is 0 Å². The Bertz CT molecular complexity index is 1090. The third-order valence-electron chi connectivity index (χ3n) is 4.43. The van der Waals surface area contributed by atoms with E-state index < -0.39 is 17.7 Å². The molecule has 0 aromatic heterocycles. The zero-order valence-electron chi connectivity index (χ0n) is 16.2. The van der Waals surface area contributed by atoms with E-state index in [0.717, 1.165) is 17.7 Å². The summed E-state index contributed by atoms with van der Waals surface area (Å²) in [6, 6.07) is 17.1. The van der Waals surface area contributed by atoms with E-state index in [0.29, 0.717) is 27.5 Å². The number of alkyl halides is 3. The zero-order chi connectivity index (χ0) is 22.4. The highest BCUT2D eigenvalue weighted by Crippen LogP contribution is 2.31. The lowest BCUT2D eigenvalue weighted by atomic mass is 10.0. The van der Waals surface area contributed by atoms with Gasteiger partial charge >= 0.3 is 12.1 Å². The molecule has 0 atom stereocenters. The van der Waals surface area contributed by atoms with Gasteiger partial charge in [0.1, 0.15) is 12.4 Å². The summed E-state index contributed by atoms with van der Waals surface area (Å²) in [6.07, 6.45) is -1.08. The first-order chi connectivity index (χ1) is 14.7. The van der Waals surface area contributed by atoms with Gasteiger partial charge in [0.2, 0.25) is 0 Å². The smallest absolute Gasteiger partial charge is 0.416 e. The van der Waals surface area contributed by atoms with Gasteiger partial charge in [-0.3, -0.25) is 4.79 Å². The van der Waals surface area contributed by atoms with Crippen LogP contribution in [0.3, 0.4) is 0 Å². The van der Waals surface area contributed by atoms with Crippen LogP contribution in [0.15, 0.2) is 72.8 Å². The van der Waals surface area contributed by atoms with Gasteiger partial charge in [0, 0.05) is 10.6 Å². The zero-order valence-corrected chi connectivity index (χ0v) is 17.0. The normalized spacial score (nSPS) is 11.6. The predicted octanol–water partition coefficient (Wildman–Crippen LogP) is 6.75. The minimum atomic E-state index is -4.35. The second kappa shape index (κ2) is 9.71. The maximum atomic E-state index is 12.6. The van der Waals surface area contributed by atoms with Gasteiger partial charge in [0.05, 0.1) is 12.0 Å². The first kappa shape index (κ1) is 22.4. The molecule has 0 heterocycles. The van der Waals surface area contributed by atoms with Crippen LogP contribution in [0.2, 0.25) is 5.02 Å². The van der Waals surface area contributed by atoms with Crippen molar-refractivity contribution in [2.24, 2.45) is 0 Å². The Balaban J connectivity index is 1.66. The molecule has 0 fully saturated rings. The maximum absolute atomic E-state index is 12.6. The van der Waals surface area contributed by atoms with Crippen molar-refractivity contribution in [3.8, 4) is 16.9 Å². The molecule has 0 spiro atoms. The molecule has 31 heavy (non-hydrogen) atoms. The van der Waals surface area contributed by atoms with Crippen molar-refractivity contribution in [2.45, 2.75) is 12.6 Å². The van der Waals surface area contributed by atoms with Crippen molar-refractivity contribution in [1.82, 2.24) is 0 Å². The van der Waals surface area contributed by atoms with Crippen molar-refractivity contribution in [3.63, 3.8) is 0 Å². The van der Waals surface area contributed by atoms with E-state index in [1.54, 1.807) is 48.6 Å². The minimum Gasteiger partial charge on any atom is -0.490 e. The summed E-state index contributed by atoms with van der Waals surface area (Å²) in [5, 5.41) is 9.48. The third kappa shape index (κ3) is 6.36. The van der Waals surface area contributed by atoms with Gasteiger partial charge in [-0.2, -0.15) is 13.2 Å². The molecule has 7 heteroatoms. The fourth-order valence-electron chi connectivity index (χ4n) is 2.94. The van der Waals surface area contributed by atoms with Crippen LogP contribution >= 0.6 is 11.6 Å². The fourth-order valence-corrected chi connectivity index (χ4v) is 3.17. The Morgan fingerprint density at radius 3 is 2.45 bits per heavy atom. The van der Waals surface area contributed by atoms with Crippen molar-refractivity contribution in [2.75, 3.05) is 6.61 Å². The van der Waals surface area contributed by atoms with Crippen LogP contribution in [0, 0.1) is 0 Å². The third-order valence-corrected chi connectivity index (χ3v) is 4.76. The van der Waals surface area contributed by atoms with Gasteiger partial charge in [0.15, 0.2) is 0 Å². The number of rotatable bonds is 7. The molecule has 160 valence electrons. The minimum absolute atomic E-state index is 0.102. The van der Waals surface area contributed by atoms with E-state index in [-0.39, 0.29) is 13.0 Å². The Kier molecular flexibility index (Phi) is 7.02. The van der Waals surface area contributed by atoms with Gasteiger partial charge in [0.25, 0.3) is 0 Å². The van der Waals surface area contributed by atoms with Gasteiger partial charge in [-0.05, 0) is 59.2 Å². The molecule has 3 aromatic carbocycles. The number of aliphatic carboxylic acids is 1. The van der Waals surface area contributed by atoms with Gasteiger partial charge in [-0.1, -0.05) is 48.0 Å². The summed E-state index contributed by atoms with van der Waals surface area (Å²) < 4.78 is 43.5. The van der Waals surface area contributed by atoms with E-state index in [1.165, 1.54) is 12.1 Å². The number of carbonyl (C=O) groups is 1. The molecular formula is C24H18ClF3O3. The van der Waals surface area contributed by atoms with Gasteiger partial charge in [-0.15, -0.1) is 0 Å². The van der Waals surface area contributed by atoms with Crippen LogP contribution < -0.4 is 4.74 Å². The summed E-state index contributed by atoms with van der Waals surface area (Å²) in [5.74, 6) is -0.348. The van der Waals surface area contributed by atoms with Crippen molar-refractivity contribution in [1.29, 1.82) is 0 Å². The molecule has 1 N–H and O–H groups in total. The molecule has 3 aromatic rings. The SMILES string of the molecule is O=C(O)Cc1ccc(Cl)c(-c2cccc(OC/C=C/c3ccc(C(F)(F)F)cc3)c2)c1. The summed E-state index contributed by atoms with van der Waals surface area (Å²) in [5.41, 5.74) is 2.06. The second-order valence-electron chi connectivity index (χ2n) is 6.75. The Morgan fingerprint density at radius 2 is 1.77 bits per heavy atom. The number of benzene rings is 3. The average molecular weight is 447 g/mol. The quantitative estimate of drug-likeness (QED) is 0.437. The first-order valence-corrected chi connectivity index (χ1v) is 9.67. The molecule has 0 radical (unpaired) electrons. The fraction of sp³-hybridized carbons (Fsp3) is 0.125. The van der Waals surface area contributed by atoms with Crippen LogP contribution in [0.5, 0.6) is 5.75 Å². The van der Waals surface area contributed by atoms with Crippen LogP contribution in [0.25, 0.3) is 17.2 Å². The number of hydrogen-bond acceptors (Lipinski definition) is 2. The lowest BCUT2D eigenvalue weighted by Crippen LogP contribution is -2.03. The molecule has 3 rings (SSSR count). The average Bonchev–Trinajstić information content (AvgIpc) is 2.72. The van der Waals surface area contributed by atoms with Crippen molar-refractivity contribution < 1.29 is 27.8 Å². The van der Waals surface area contributed by atoms with Crippen molar-refractivity contribution in [3.05, 3.63) is 94.5 Å². The lowest BCUT2D eigenvalue weighted by Gasteiger charge is -2.10. The van der Waals surface area contributed by atoms with Crippen molar-refractivity contribution >= 4 is 23.6 Å². The van der Waals surface area contributed by atoms with E-state index in [1.807, 2.05) is 6.07 Å². The molecule has 0 saturated carbocycles. The van der Waals surface area contributed by atoms with E-state index in [2.05, 4.69) is 0 Å². The Morgan fingerprint density at radius 1 is 1.03 bits per heavy atom. The molecule has 0 amide bonds. The van der Waals surface area contributed by atoms with Crippen LogP contribution in [-0.4, -0.2) is 17.7 Å². The topological polar surface area (TPSA) is 46.5 Å². The molecular weight excluding hydrogens is 429 g/mol. The molecule has 0 saturated heterocycles. The largest absolute Gasteiger partial charge is 0.490 e. The summed E-state index contributed by atoms with van der Waals surface area (Å²) in [4.78, 5) is 11.0. The Hall–Kier alpha value is -3.25. The van der Waals surface area contributed by atoms with E-state index >= 15 is 0 Å². The monoisotopic (exact) mass is 446 g/mol. The first-order valence-electron chi connectivity index (χ1n) is 9.29. The number of ether oxygens (including phenoxy) is 1.